The summed E-state index contributed by atoms with van der Waals surface area (Å²) in [5.74, 6) is 0.245. The number of halogens is 3. The Hall–Kier alpha value is -1.70. The summed E-state index contributed by atoms with van der Waals surface area (Å²) in [6.45, 7) is 0. The van der Waals surface area contributed by atoms with Crippen LogP contribution in [0.4, 0.5) is 13.2 Å². The molecule has 0 fully saturated rings. The maximum absolute atomic E-state index is 12.3. The average Bonchev–Trinajstić information content (AvgIpc) is 2.36. The lowest BCUT2D eigenvalue weighted by molar-refractivity contribution is -0.0509. The second-order valence-electron chi connectivity index (χ2n) is 4.11. The Kier molecular flexibility index (Phi) is 3.68. The van der Waals surface area contributed by atoms with Crippen molar-refractivity contribution in [1.82, 2.24) is 0 Å². The van der Waals surface area contributed by atoms with E-state index in [1.165, 1.54) is 25.3 Å². The molecule has 0 unspecified atom stereocenters. The third kappa shape index (κ3) is 2.74. The van der Waals surface area contributed by atoms with Crippen LogP contribution in [0.5, 0.6) is 5.75 Å². The topological polar surface area (TPSA) is 52.6 Å². The average molecular weight is 308 g/mol. The van der Waals surface area contributed by atoms with Crippen LogP contribution in [0.3, 0.4) is 0 Å². The fourth-order valence-electron chi connectivity index (χ4n) is 1.86. The quantitative estimate of drug-likeness (QED) is 0.636. The van der Waals surface area contributed by atoms with Crippen LogP contribution >= 0.6 is 0 Å². The Morgan fingerprint density at radius 1 is 1.25 bits per heavy atom. The van der Waals surface area contributed by atoms with E-state index in [4.69, 9.17) is 4.74 Å². The molecule has 0 N–H and O–H groups in total. The number of allylic oxidation sites excluding steroid dienone is 1. The third-order valence-electron chi connectivity index (χ3n) is 2.80. The standard InChI is InChI=1S/C12H11F3O4S/c1-18-9-5-6-10-8(7-9)3-2-4-11(10)19-20(16,17)12(13,14)15/h4-7H,2-3H2,1H3. The zero-order valence-electron chi connectivity index (χ0n) is 10.4. The highest BCUT2D eigenvalue weighted by atomic mass is 32.2. The lowest BCUT2D eigenvalue weighted by Gasteiger charge is -2.19. The Labute approximate surface area is 113 Å². The summed E-state index contributed by atoms with van der Waals surface area (Å²) in [6, 6.07) is 4.65. The summed E-state index contributed by atoms with van der Waals surface area (Å²) >= 11 is 0. The summed E-state index contributed by atoms with van der Waals surface area (Å²) in [7, 11) is -4.19. The van der Waals surface area contributed by atoms with Crippen LogP contribution in [0.15, 0.2) is 24.3 Å². The van der Waals surface area contributed by atoms with Crippen LogP contribution in [0, 0.1) is 0 Å². The van der Waals surface area contributed by atoms with Crippen LogP contribution in [0.1, 0.15) is 17.5 Å². The van der Waals surface area contributed by atoms with Crippen LogP contribution in [0.25, 0.3) is 5.76 Å². The van der Waals surface area contributed by atoms with Crippen LogP contribution in [-0.4, -0.2) is 21.0 Å². The van der Waals surface area contributed by atoms with Crippen molar-refractivity contribution in [3.8, 4) is 5.75 Å². The van der Waals surface area contributed by atoms with Gasteiger partial charge < -0.3 is 8.92 Å². The van der Waals surface area contributed by atoms with Crippen molar-refractivity contribution in [1.29, 1.82) is 0 Å². The second-order valence-corrected chi connectivity index (χ2v) is 5.65. The predicted octanol–water partition coefficient (Wildman–Crippen LogP) is 2.85. The van der Waals surface area contributed by atoms with Crippen molar-refractivity contribution >= 4 is 15.9 Å². The first-order valence-electron chi connectivity index (χ1n) is 5.63. The van der Waals surface area contributed by atoms with Gasteiger partial charge in [0.1, 0.15) is 11.5 Å². The van der Waals surface area contributed by atoms with E-state index in [0.717, 1.165) is 0 Å². The molecule has 0 aliphatic heterocycles. The summed E-state index contributed by atoms with van der Waals surface area (Å²) in [6.07, 6.45) is 2.30. The molecule has 1 aliphatic carbocycles. The van der Waals surface area contributed by atoms with E-state index in [1.54, 1.807) is 6.07 Å². The number of hydrogen-bond acceptors (Lipinski definition) is 4. The van der Waals surface area contributed by atoms with E-state index in [0.29, 0.717) is 29.7 Å². The van der Waals surface area contributed by atoms with E-state index in [9.17, 15) is 21.6 Å². The Bertz CT molecular complexity index is 647. The van der Waals surface area contributed by atoms with Gasteiger partial charge in [0.05, 0.1) is 7.11 Å². The van der Waals surface area contributed by atoms with Gasteiger partial charge >= 0.3 is 15.6 Å². The molecule has 0 spiro atoms. The molecule has 0 atom stereocenters. The maximum atomic E-state index is 12.3. The van der Waals surface area contributed by atoms with Crippen molar-refractivity contribution in [2.75, 3.05) is 7.11 Å². The molecule has 1 aromatic rings. The van der Waals surface area contributed by atoms with E-state index >= 15 is 0 Å². The smallest absolute Gasteiger partial charge is 0.497 e. The van der Waals surface area contributed by atoms with Gasteiger partial charge in [0.2, 0.25) is 0 Å². The van der Waals surface area contributed by atoms with E-state index in [1.807, 2.05) is 0 Å². The van der Waals surface area contributed by atoms with Crippen LogP contribution in [0.2, 0.25) is 0 Å². The molecule has 0 bridgehead atoms. The number of methoxy groups -OCH3 is 1. The third-order valence-corrected chi connectivity index (χ3v) is 3.77. The van der Waals surface area contributed by atoms with Crippen molar-refractivity contribution in [2.24, 2.45) is 0 Å². The summed E-state index contributed by atoms with van der Waals surface area (Å²) in [4.78, 5) is 0. The van der Waals surface area contributed by atoms with Gasteiger partial charge in [-0.25, -0.2) is 0 Å². The maximum Gasteiger partial charge on any atom is 0.534 e. The van der Waals surface area contributed by atoms with Crippen LogP contribution in [-0.2, 0) is 20.7 Å². The highest BCUT2D eigenvalue weighted by Gasteiger charge is 2.49. The van der Waals surface area contributed by atoms with Gasteiger partial charge in [-0.3, -0.25) is 0 Å². The van der Waals surface area contributed by atoms with E-state index in [-0.39, 0.29) is 5.76 Å². The SMILES string of the molecule is COc1ccc2c(c1)CCC=C2OS(=O)(=O)C(F)(F)F. The molecule has 0 heterocycles. The Morgan fingerprint density at radius 2 is 1.95 bits per heavy atom. The molecule has 0 aromatic heterocycles. The molecular formula is C12H11F3O4S. The van der Waals surface area contributed by atoms with Gasteiger partial charge in [-0.15, -0.1) is 0 Å². The molecule has 20 heavy (non-hydrogen) atoms. The summed E-state index contributed by atoms with van der Waals surface area (Å²) in [5.41, 5.74) is -4.44. The van der Waals surface area contributed by atoms with Crippen molar-refractivity contribution in [2.45, 2.75) is 18.3 Å². The Morgan fingerprint density at radius 3 is 2.55 bits per heavy atom. The number of alkyl halides is 3. The second kappa shape index (κ2) is 5.01. The number of benzene rings is 1. The number of fused-ring (bicyclic) bond motifs is 1. The molecule has 1 aliphatic rings. The van der Waals surface area contributed by atoms with Crippen molar-refractivity contribution < 1.29 is 30.5 Å². The molecule has 0 saturated heterocycles. The Balaban J connectivity index is 2.35. The highest BCUT2D eigenvalue weighted by molar-refractivity contribution is 7.87. The molecule has 2 rings (SSSR count). The normalized spacial score (nSPS) is 15.3. The van der Waals surface area contributed by atoms with Gasteiger partial charge in [-0.05, 0) is 42.7 Å². The fraction of sp³-hybridized carbons (Fsp3) is 0.333. The zero-order valence-corrected chi connectivity index (χ0v) is 11.2. The van der Waals surface area contributed by atoms with E-state index in [2.05, 4.69) is 4.18 Å². The minimum absolute atomic E-state index is 0.300. The highest BCUT2D eigenvalue weighted by Crippen LogP contribution is 2.34. The molecule has 0 saturated carbocycles. The predicted molar refractivity (Wildman–Crippen MR) is 65.4 cm³/mol. The number of rotatable bonds is 3. The first kappa shape index (κ1) is 14.7. The molecule has 1 aromatic carbocycles. The van der Waals surface area contributed by atoms with Gasteiger partial charge in [-0.1, -0.05) is 0 Å². The zero-order chi connectivity index (χ0) is 15.0. The number of hydrogen-bond donors (Lipinski definition) is 0. The first-order chi connectivity index (χ1) is 9.24. The molecule has 4 nitrogen and oxygen atoms in total. The molecule has 0 amide bonds. The summed E-state index contributed by atoms with van der Waals surface area (Å²) < 4.78 is 68.3. The van der Waals surface area contributed by atoms with Gasteiger partial charge in [0, 0.05) is 5.56 Å². The largest absolute Gasteiger partial charge is 0.534 e. The van der Waals surface area contributed by atoms with Crippen molar-refractivity contribution in [3.05, 3.63) is 35.4 Å². The van der Waals surface area contributed by atoms with Gasteiger partial charge in [-0.2, -0.15) is 21.6 Å². The molecule has 8 heteroatoms. The number of aryl methyl sites for hydroxylation is 1. The molecule has 0 radical (unpaired) electrons. The molecular weight excluding hydrogens is 297 g/mol. The lowest BCUT2D eigenvalue weighted by atomic mass is 9.96. The number of ether oxygens (including phenoxy) is 1. The minimum atomic E-state index is -5.66. The van der Waals surface area contributed by atoms with Crippen molar-refractivity contribution in [3.63, 3.8) is 0 Å². The fourth-order valence-corrected chi connectivity index (χ4v) is 2.35. The lowest BCUT2D eigenvalue weighted by Crippen LogP contribution is -2.25. The summed E-state index contributed by atoms with van der Waals surface area (Å²) in [5, 5.41) is 0. The minimum Gasteiger partial charge on any atom is -0.497 e. The monoisotopic (exact) mass is 308 g/mol. The van der Waals surface area contributed by atoms with Gasteiger partial charge in [0.15, 0.2) is 0 Å². The van der Waals surface area contributed by atoms with E-state index < -0.39 is 15.6 Å². The van der Waals surface area contributed by atoms with Crippen LogP contribution < -0.4 is 4.74 Å². The van der Waals surface area contributed by atoms with Gasteiger partial charge in [0.25, 0.3) is 0 Å². The molecule has 110 valence electrons. The first-order valence-corrected chi connectivity index (χ1v) is 7.03.